The van der Waals surface area contributed by atoms with E-state index in [1.54, 1.807) is 0 Å². The number of allylic oxidation sites excluding steroid dienone is 1. The Bertz CT molecular complexity index is 639. The van der Waals surface area contributed by atoms with E-state index in [-0.39, 0.29) is 11.8 Å². The second kappa shape index (κ2) is 10.2. The van der Waals surface area contributed by atoms with Crippen LogP contribution in [-0.2, 0) is 18.9 Å². The lowest BCUT2D eigenvalue weighted by Gasteiger charge is -2.37. The van der Waals surface area contributed by atoms with Crippen molar-refractivity contribution in [3.8, 4) is 5.75 Å². The molecule has 1 aromatic carbocycles. The van der Waals surface area contributed by atoms with Gasteiger partial charge in [-0.05, 0) is 18.6 Å². The molecule has 2 fully saturated rings. The summed E-state index contributed by atoms with van der Waals surface area (Å²) in [4.78, 5) is 0. The number of rotatable bonds is 7. The first kappa shape index (κ1) is 21.1. The molecule has 156 valence electrons. The third-order valence-corrected chi connectivity index (χ3v) is 4.57. The molecule has 0 aliphatic carbocycles. The first-order valence-corrected chi connectivity index (χ1v) is 9.44. The molecule has 2 aliphatic rings. The molecule has 3 rings (SSSR count). The number of benzene rings is 1. The Hall–Kier alpha value is -1.61. The van der Waals surface area contributed by atoms with Crippen molar-refractivity contribution in [2.75, 3.05) is 26.4 Å². The number of ether oxygens (including phenoxy) is 5. The van der Waals surface area contributed by atoms with E-state index in [1.807, 2.05) is 0 Å². The number of alkyl halides is 2. The van der Waals surface area contributed by atoms with Crippen LogP contribution in [0.5, 0.6) is 5.75 Å². The van der Waals surface area contributed by atoms with Crippen molar-refractivity contribution >= 4 is 0 Å². The third-order valence-electron chi connectivity index (χ3n) is 4.57. The molecular formula is C20H25F3O5. The van der Waals surface area contributed by atoms with Crippen molar-refractivity contribution in [3.63, 3.8) is 0 Å². The summed E-state index contributed by atoms with van der Waals surface area (Å²) in [7, 11) is 0. The minimum atomic E-state index is -3.08. The van der Waals surface area contributed by atoms with Crippen LogP contribution in [0, 0.1) is 17.7 Å². The van der Waals surface area contributed by atoms with E-state index in [0.717, 1.165) is 25.0 Å². The molecular weight excluding hydrogens is 377 g/mol. The predicted molar refractivity (Wildman–Crippen MR) is 94.4 cm³/mol. The fraction of sp³-hybridized carbons (Fsp3) is 0.600. The molecule has 0 saturated carbocycles. The summed E-state index contributed by atoms with van der Waals surface area (Å²) in [6.07, 6.45) is 5.24. The zero-order chi connectivity index (χ0) is 19.9. The Balaban J connectivity index is 1.47. The minimum absolute atomic E-state index is 0.0943. The average Bonchev–Trinajstić information content (AvgIpc) is 2.70. The number of halogens is 3. The summed E-state index contributed by atoms with van der Waals surface area (Å²) in [6, 6.07) is 3.64. The van der Waals surface area contributed by atoms with Gasteiger partial charge in [0.2, 0.25) is 0 Å². The molecule has 2 saturated heterocycles. The van der Waals surface area contributed by atoms with Gasteiger partial charge in [-0.15, -0.1) is 0 Å². The van der Waals surface area contributed by atoms with Crippen LogP contribution >= 0.6 is 0 Å². The quantitative estimate of drug-likeness (QED) is 0.632. The summed E-state index contributed by atoms with van der Waals surface area (Å²) >= 11 is 0. The molecule has 28 heavy (non-hydrogen) atoms. The first-order chi connectivity index (χ1) is 13.6. The van der Waals surface area contributed by atoms with Crippen LogP contribution in [-0.4, -0.2) is 39.3 Å². The minimum Gasteiger partial charge on any atom is -0.432 e. The Labute approximate surface area is 162 Å². The Morgan fingerprint density at radius 3 is 2.43 bits per heavy atom. The second-order valence-electron chi connectivity index (χ2n) is 6.84. The zero-order valence-electron chi connectivity index (χ0n) is 15.7. The van der Waals surface area contributed by atoms with Gasteiger partial charge in [0.15, 0.2) is 24.1 Å². The summed E-state index contributed by atoms with van der Waals surface area (Å²) in [6.45, 7) is 0.861. The highest BCUT2D eigenvalue weighted by Crippen LogP contribution is 2.31. The molecule has 0 radical (unpaired) electrons. The van der Waals surface area contributed by atoms with E-state index in [0.29, 0.717) is 32.0 Å². The standard InChI is InChI=1S/C20H25F3O5/c1-2-3-4-5-13-9-24-19(25-10-13)15-11-26-18(27-12-15)14-6-7-17(16(21)8-14)28-20(22)23/h4-8,13,15,18-20H,2-3,9-12H2,1H3/b5-4+/t13-,15-,18-,19-. The van der Waals surface area contributed by atoms with Crippen molar-refractivity contribution < 1.29 is 36.9 Å². The largest absolute Gasteiger partial charge is 0.432 e. The average molecular weight is 402 g/mol. The SMILES string of the molecule is CCC/C=C/[C@H]1CO[C@H]([C@H]2CO[C@H](c3ccc(OC(F)F)c(F)c3)OC2)OC1. The van der Waals surface area contributed by atoms with Gasteiger partial charge >= 0.3 is 6.61 Å². The Morgan fingerprint density at radius 2 is 1.82 bits per heavy atom. The molecule has 5 nitrogen and oxygen atoms in total. The summed E-state index contributed by atoms with van der Waals surface area (Å²) in [5.74, 6) is -1.26. The molecule has 0 N–H and O–H groups in total. The lowest BCUT2D eigenvalue weighted by Crippen LogP contribution is -2.42. The van der Waals surface area contributed by atoms with Crippen molar-refractivity contribution in [3.05, 3.63) is 41.7 Å². The third kappa shape index (κ3) is 5.70. The molecule has 0 atom stereocenters. The maximum Gasteiger partial charge on any atom is 0.387 e. The van der Waals surface area contributed by atoms with Crippen molar-refractivity contribution in [2.45, 2.75) is 39.0 Å². The molecule has 8 heteroatoms. The number of hydrogen-bond acceptors (Lipinski definition) is 5. The van der Waals surface area contributed by atoms with Gasteiger partial charge in [0, 0.05) is 11.5 Å². The maximum atomic E-state index is 13.9. The summed E-state index contributed by atoms with van der Waals surface area (Å²) < 4.78 is 65.3. The summed E-state index contributed by atoms with van der Waals surface area (Å²) in [5.41, 5.74) is 0.393. The normalized spacial score (nSPS) is 28.8. The van der Waals surface area contributed by atoms with Gasteiger partial charge in [-0.3, -0.25) is 0 Å². The van der Waals surface area contributed by atoms with E-state index in [9.17, 15) is 13.2 Å². The lowest BCUT2D eigenvalue weighted by atomic mass is 10.1. The second-order valence-corrected chi connectivity index (χ2v) is 6.84. The van der Waals surface area contributed by atoms with E-state index >= 15 is 0 Å². The van der Waals surface area contributed by atoms with Crippen LogP contribution in [0.25, 0.3) is 0 Å². The van der Waals surface area contributed by atoms with E-state index in [4.69, 9.17) is 18.9 Å². The molecule has 0 spiro atoms. The molecule has 0 bridgehead atoms. The lowest BCUT2D eigenvalue weighted by molar-refractivity contribution is -0.280. The number of hydrogen-bond donors (Lipinski definition) is 0. The highest BCUT2D eigenvalue weighted by atomic mass is 19.3. The van der Waals surface area contributed by atoms with Crippen molar-refractivity contribution in [1.29, 1.82) is 0 Å². The van der Waals surface area contributed by atoms with Gasteiger partial charge in [-0.1, -0.05) is 31.6 Å². The van der Waals surface area contributed by atoms with Gasteiger partial charge < -0.3 is 23.7 Å². The molecule has 1 aromatic rings. The fourth-order valence-corrected chi connectivity index (χ4v) is 3.09. The molecule has 0 aromatic heterocycles. The van der Waals surface area contributed by atoms with Crippen LogP contribution in [0.2, 0.25) is 0 Å². The highest BCUT2D eigenvalue weighted by Gasteiger charge is 2.34. The topological polar surface area (TPSA) is 46.2 Å². The first-order valence-electron chi connectivity index (χ1n) is 9.44. The van der Waals surface area contributed by atoms with Crippen LogP contribution in [0.4, 0.5) is 13.2 Å². The van der Waals surface area contributed by atoms with Gasteiger partial charge in [0.1, 0.15) is 0 Å². The van der Waals surface area contributed by atoms with E-state index in [1.165, 1.54) is 6.07 Å². The Morgan fingerprint density at radius 1 is 1.11 bits per heavy atom. The van der Waals surface area contributed by atoms with Crippen LogP contribution in [0.3, 0.4) is 0 Å². The van der Waals surface area contributed by atoms with Gasteiger partial charge in [0.25, 0.3) is 0 Å². The predicted octanol–water partition coefficient (Wildman–Crippen LogP) is 4.43. The van der Waals surface area contributed by atoms with Gasteiger partial charge in [-0.2, -0.15) is 8.78 Å². The van der Waals surface area contributed by atoms with Crippen LogP contribution < -0.4 is 4.74 Å². The fourth-order valence-electron chi connectivity index (χ4n) is 3.09. The van der Waals surface area contributed by atoms with Gasteiger partial charge in [-0.25, -0.2) is 4.39 Å². The smallest absolute Gasteiger partial charge is 0.387 e. The van der Waals surface area contributed by atoms with Crippen molar-refractivity contribution in [1.82, 2.24) is 0 Å². The van der Waals surface area contributed by atoms with Crippen LogP contribution in [0.1, 0.15) is 31.6 Å². The zero-order valence-corrected chi connectivity index (χ0v) is 15.7. The molecule has 2 aliphatic heterocycles. The van der Waals surface area contributed by atoms with E-state index < -0.39 is 30.8 Å². The van der Waals surface area contributed by atoms with E-state index in [2.05, 4.69) is 23.8 Å². The van der Waals surface area contributed by atoms with Crippen molar-refractivity contribution in [2.24, 2.45) is 11.8 Å². The number of unbranched alkanes of at least 4 members (excludes halogenated alkanes) is 1. The maximum absolute atomic E-state index is 13.9. The van der Waals surface area contributed by atoms with Gasteiger partial charge in [0.05, 0.1) is 32.3 Å². The molecule has 0 unspecified atom stereocenters. The van der Waals surface area contributed by atoms with Crippen LogP contribution in [0.15, 0.2) is 30.4 Å². The Kier molecular flexibility index (Phi) is 7.73. The molecule has 2 heterocycles. The molecule has 0 amide bonds. The monoisotopic (exact) mass is 402 g/mol. The summed E-state index contributed by atoms with van der Waals surface area (Å²) in [5, 5.41) is 0. The highest BCUT2D eigenvalue weighted by molar-refractivity contribution is 5.30.